The van der Waals surface area contributed by atoms with Crippen LogP contribution in [0, 0.1) is 0 Å². The quantitative estimate of drug-likeness (QED) is 0.711. The highest BCUT2D eigenvalue weighted by Crippen LogP contribution is 2.31. The molecule has 1 aromatic heterocycles. The van der Waals surface area contributed by atoms with E-state index >= 15 is 0 Å². The molecule has 1 saturated heterocycles. The zero-order valence-corrected chi connectivity index (χ0v) is 11.1. The second-order valence-electron chi connectivity index (χ2n) is 5.20. The summed E-state index contributed by atoms with van der Waals surface area (Å²) >= 11 is 0. The molecular weight excluding hydrogens is 244 g/mol. The van der Waals surface area contributed by atoms with E-state index in [-0.39, 0.29) is 11.8 Å². The molecule has 2 aromatic rings. The van der Waals surface area contributed by atoms with Gasteiger partial charge in [-0.05, 0) is 18.6 Å². The zero-order valence-electron chi connectivity index (χ0n) is 11.1. The van der Waals surface area contributed by atoms with E-state index in [1.807, 2.05) is 12.1 Å². The number of aromatic nitrogens is 2. The Balaban J connectivity index is 2.29. The van der Waals surface area contributed by atoms with Crippen LogP contribution >= 0.6 is 0 Å². The number of aliphatic hydroxyl groups excluding tert-OH is 1. The predicted octanol–water partition coefficient (Wildman–Crippen LogP) is 0.0302. The van der Waals surface area contributed by atoms with E-state index < -0.39 is 0 Å². The summed E-state index contributed by atoms with van der Waals surface area (Å²) in [6.07, 6.45) is 0.439. The lowest BCUT2D eigenvalue weighted by Gasteiger charge is -2.20. The van der Waals surface area contributed by atoms with Gasteiger partial charge in [-0.2, -0.15) is 0 Å². The molecule has 0 radical (unpaired) electrons. The summed E-state index contributed by atoms with van der Waals surface area (Å²) in [5, 5.41) is 9.68. The number of nitrogens with two attached hydrogens (primary N) is 1. The Kier molecular flexibility index (Phi) is 2.56. The summed E-state index contributed by atoms with van der Waals surface area (Å²) in [5.74, 6) is 0. The van der Waals surface area contributed by atoms with Crippen molar-refractivity contribution in [2.24, 2.45) is 14.1 Å². The fraction of sp³-hybridized carbons (Fsp3) is 0.462. The summed E-state index contributed by atoms with van der Waals surface area (Å²) in [4.78, 5) is 14.1. The molecular formula is C13H18N4O2. The first-order chi connectivity index (χ1) is 8.99. The monoisotopic (exact) mass is 262 g/mol. The van der Waals surface area contributed by atoms with Crippen molar-refractivity contribution in [1.82, 2.24) is 9.13 Å². The van der Waals surface area contributed by atoms with Crippen LogP contribution in [0.25, 0.3) is 11.0 Å². The number of imidazole rings is 1. The van der Waals surface area contributed by atoms with Crippen LogP contribution in [0.3, 0.4) is 0 Å². The van der Waals surface area contributed by atoms with Crippen molar-refractivity contribution in [3.8, 4) is 0 Å². The van der Waals surface area contributed by atoms with Crippen LogP contribution in [0.1, 0.15) is 6.42 Å². The molecule has 6 heteroatoms. The number of rotatable bonds is 1. The van der Waals surface area contributed by atoms with Gasteiger partial charge in [0.1, 0.15) is 0 Å². The molecule has 1 unspecified atom stereocenters. The van der Waals surface area contributed by atoms with Crippen molar-refractivity contribution in [2.75, 3.05) is 23.7 Å². The lowest BCUT2D eigenvalue weighted by Crippen LogP contribution is -2.23. The van der Waals surface area contributed by atoms with Crippen LogP contribution in [-0.4, -0.2) is 33.4 Å². The summed E-state index contributed by atoms with van der Waals surface area (Å²) in [5.41, 5.74) is 9.12. The molecule has 3 N–H and O–H groups in total. The minimum absolute atomic E-state index is 0.0680. The van der Waals surface area contributed by atoms with Gasteiger partial charge in [-0.3, -0.25) is 9.13 Å². The number of hydrogen-bond donors (Lipinski definition) is 2. The summed E-state index contributed by atoms with van der Waals surface area (Å²) < 4.78 is 3.23. The number of fused-ring (bicyclic) bond motifs is 1. The van der Waals surface area contributed by atoms with Gasteiger partial charge in [-0.15, -0.1) is 0 Å². The van der Waals surface area contributed by atoms with Gasteiger partial charge < -0.3 is 15.7 Å². The number of nitrogens with zero attached hydrogens (tertiary/aromatic N) is 3. The Morgan fingerprint density at radius 3 is 2.68 bits per heavy atom. The standard InChI is InChI=1S/C13H18N4O2/c1-15-10-5-8(14)6-11(12(10)16(2)13(15)19)17-4-3-9(18)7-17/h5-6,9,18H,3-4,7,14H2,1-2H3. The average Bonchev–Trinajstić information content (AvgIpc) is 2.89. The largest absolute Gasteiger partial charge is 0.399 e. The topological polar surface area (TPSA) is 76.4 Å². The first-order valence-electron chi connectivity index (χ1n) is 6.37. The normalized spacial score (nSPS) is 19.5. The van der Waals surface area contributed by atoms with Crippen molar-refractivity contribution in [3.05, 3.63) is 22.6 Å². The van der Waals surface area contributed by atoms with Gasteiger partial charge in [-0.1, -0.05) is 0 Å². The Bertz CT molecular complexity index is 701. The molecule has 2 heterocycles. The lowest BCUT2D eigenvalue weighted by atomic mass is 10.2. The number of anilines is 2. The highest BCUT2D eigenvalue weighted by molar-refractivity contribution is 5.93. The van der Waals surface area contributed by atoms with Crippen LogP contribution in [0.4, 0.5) is 11.4 Å². The van der Waals surface area contributed by atoms with Crippen LogP contribution in [0.15, 0.2) is 16.9 Å². The first-order valence-corrected chi connectivity index (χ1v) is 6.37. The molecule has 0 spiro atoms. The Morgan fingerprint density at radius 2 is 2.05 bits per heavy atom. The zero-order chi connectivity index (χ0) is 13.7. The summed E-state index contributed by atoms with van der Waals surface area (Å²) in [7, 11) is 3.50. The van der Waals surface area contributed by atoms with Gasteiger partial charge in [0.2, 0.25) is 0 Å². The number of benzene rings is 1. The lowest BCUT2D eigenvalue weighted by molar-refractivity contribution is 0.198. The predicted molar refractivity (Wildman–Crippen MR) is 75.4 cm³/mol. The Hall–Kier alpha value is -1.95. The van der Waals surface area contributed by atoms with Gasteiger partial charge >= 0.3 is 5.69 Å². The number of aliphatic hydroxyl groups is 1. The minimum atomic E-state index is -0.308. The van der Waals surface area contributed by atoms with Crippen molar-refractivity contribution < 1.29 is 5.11 Å². The van der Waals surface area contributed by atoms with Crippen molar-refractivity contribution in [2.45, 2.75) is 12.5 Å². The maximum atomic E-state index is 12.0. The summed E-state index contributed by atoms with van der Waals surface area (Å²) in [6, 6.07) is 3.69. The molecule has 1 fully saturated rings. The molecule has 0 saturated carbocycles. The molecule has 3 rings (SSSR count). The van der Waals surface area contributed by atoms with E-state index in [1.165, 1.54) is 0 Å². The van der Waals surface area contributed by atoms with Gasteiger partial charge in [0, 0.05) is 32.9 Å². The Morgan fingerprint density at radius 1 is 1.32 bits per heavy atom. The minimum Gasteiger partial charge on any atom is -0.399 e. The highest BCUT2D eigenvalue weighted by atomic mass is 16.3. The maximum Gasteiger partial charge on any atom is 0.328 e. The Labute approximate surface area is 110 Å². The molecule has 1 aromatic carbocycles. The molecule has 6 nitrogen and oxygen atoms in total. The van der Waals surface area contributed by atoms with Crippen molar-refractivity contribution in [1.29, 1.82) is 0 Å². The molecule has 0 aliphatic carbocycles. The molecule has 1 aliphatic heterocycles. The second kappa shape index (κ2) is 4.03. The van der Waals surface area contributed by atoms with Crippen LogP contribution in [0.2, 0.25) is 0 Å². The van der Waals surface area contributed by atoms with Gasteiger partial charge in [-0.25, -0.2) is 4.79 Å². The second-order valence-corrected chi connectivity index (χ2v) is 5.20. The van der Waals surface area contributed by atoms with E-state index in [2.05, 4.69) is 4.90 Å². The number of hydrogen-bond acceptors (Lipinski definition) is 4. The summed E-state index contributed by atoms with van der Waals surface area (Å²) in [6.45, 7) is 1.37. The third-order valence-electron chi connectivity index (χ3n) is 3.87. The SMILES string of the molecule is Cn1c(=O)n(C)c2c(N3CCC(O)C3)cc(N)cc21. The van der Waals surface area contributed by atoms with Crippen molar-refractivity contribution >= 4 is 22.4 Å². The number of nitrogen functional groups attached to an aromatic ring is 1. The molecule has 0 amide bonds. The molecule has 19 heavy (non-hydrogen) atoms. The van der Waals surface area contributed by atoms with E-state index in [0.717, 1.165) is 29.7 Å². The molecule has 0 bridgehead atoms. The van der Waals surface area contributed by atoms with E-state index in [0.29, 0.717) is 12.2 Å². The molecule has 1 atom stereocenters. The molecule has 102 valence electrons. The molecule has 1 aliphatic rings. The first kappa shape index (κ1) is 12.1. The van der Waals surface area contributed by atoms with E-state index in [9.17, 15) is 9.90 Å². The van der Waals surface area contributed by atoms with E-state index in [4.69, 9.17) is 5.73 Å². The fourth-order valence-electron chi connectivity index (χ4n) is 2.85. The van der Waals surface area contributed by atoms with Crippen LogP contribution in [0.5, 0.6) is 0 Å². The van der Waals surface area contributed by atoms with Crippen LogP contribution < -0.4 is 16.3 Å². The number of aryl methyl sites for hydroxylation is 2. The number of β-amino-alcohol motifs (C(OH)–C–C–N with tert-alkyl or cyclic N) is 1. The van der Waals surface area contributed by atoms with E-state index in [1.54, 1.807) is 23.2 Å². The van der Waals surface area contributed by atoms with Gasteiger partial charge in [0.05, 0.1) is 22.8 Å². The maximum absolute atomic E-state index is 12.0. The van der Waals surface area contributed by atoms with Gasteiger partial charge in [0.25, 0.3) is 0 Å². The third-order valence-corrected chi connectivity index (χ3v) is 3.87. The van der Waals surface area contributed by atoms with Crippen LogP contribution in [-0.2, 0) is 14.1 Å². The third kappa shape index (κ3) is 1.71. The average molecular weight is 262 g/mol. The highest BCUT2D eigenvalue weighted by Gasteiger charge is 2.24. The van der Waals surface area contributed by atoms with Gasteiger partial charge in [0.15, 0.2) is 0 Å². The fourth-order valence-corrected chi connectivity index (χ4v) is 2.85. The van der Waals surface area contributed by atoms with Crippen molar-refractivity contribution in [3.63, 3.8) is 0 Å². The smallest absolute Gasteiger partial charge is 0.328 e.